The van der Waals surface area contributed by atoms with E-state index < -0.39 is 31.3 Å². The molecule has 0 atom stereocenters. The van der Waals surface area contributed by atoms with Gasteiger partial charge in [0.05, 0.1) is 30.2 Å². The van der Waals surface area contributed by atoms with E-state index in [4.69, 9.17) is 4.74 Å². The lowest BCUT2D eigenvalue weighted by molar-refractivity contribution is -0.274. The number of hydrogen-bond acceptors (Lipinski definition) is 5. The Hall–Kier alpha value is -4.42. The van der Waals surface area contributed by atoms with Crippen LogP contribution in [0.3, 0.4) is 0 Å². The lowest BCUT2D eigenvalue weighted by atomic mass is 10.0. The van der Waals surface area contributed by atoms with Crippen molar-refractivity contribution in [3.05, 3.63) is 72.1 Å². The maximum Gasteiger partial charge on any atom is 0.573 e. The Kier molecular flexibility index (Phi) is 7.45. The second kappa shape index (κ2) is 10.9. The summed E-state index contributed by atoms with van der Waals surface area (Å²) in [7, 11) is 0. The first-order valence-corrected chi connectivity index (χ1v) is 12.6. The van der Waals surface area contributed by atoms with E-state index >= 15 is 0 Å². The van der Waals surface area contributed by atoms with Gasteiger partial charge in [0.15, 0.2) is 5.65 Å². The Balaban J connectivity index is 1.49. The molecule has 1 amide bonds. The van der Waals surface area contributed by atoms with Crippen molar-refractivity contribution in [1.29, 1.82) is 0 Å². The molecule has 7 nitrogen and oxygen atoms in total. The number of nitrogens with one attached hydrogen (secondary N) is 2. The second-order valence-corrected chi connectivity index (χ2v) is 9.62. The molecule has 5 rings (SSSR count). The van der Waals surface area contributed by atoms with Crippen LogP contribution in [0, 0.1) is 6.92 Å². The van der Waals surface area contributed by atoms with Crippen LogP contribution >= 0.6 is 0 Å². The summed E-state index contributed by atoms with van der Waals surface area (Å²) in [5.41, 5.74) is 2.99. The average Bonchev–Trinajstić information content (AvgIpc) is 3.57. The normalized spacial score (nSPS) is 13.7. The molecule has 4 aromatic rings. The van der Waals surface area contributed by atoms with Crippen LogP contribution in [0.5, 0.6) is 17.2 Å². The third-order valence-corrected chi connectivity index (χ3v) is 6.26. The van der Waals surface area contributed by atoms with Crippen LogP contribution in [-0.2, 0) is 0 Å². The van der Waals surface area contributed by atoms with E-state index in [-0.39, 0.29) is 29.1 Å². The number of amides is 1. The fourth-order valence-corrected chi connectivity index (χ4v) is 4.24. The number of rotatable bonds is 9. The number of anilines is 1. The molecule has 1 saturated carbocycles. The van der Waals surface area contributed by atoms with Crippen molar-refractivity contribution in [2.75, 3.05) is 11.9 Å². The lowest BCUT2D eigenvalue weighted by Crippen LogP contribution is -2.26. The highest BCUT2D eigenvalue weighted by Gasteiger charge is 2.31. The molecule has 0 saturated heterocycles. The third kappa shape index (κ3) is 7.21. The van der Waals surface area contributed by atoms with Gasteiger partial charge >= 0.3 is 12.5 Å². The smallest absolute Gasteiger partial charge is 0.456 e. The van der Waals surface area contributed by atoms with Crippen LogP contribution in [0.2, 0.25) is 0 Å². The number of aryl methyl sites for hydroxylation is 1. The van der Waals surface area contributed by atoms with Crippen molar-refractivity contribution < 1.29 is 40.6 Å². The van der Waals surface area contributed by atoms with Gasteiger partial charge in [-0.15, -0.1) is 13.2 Å². The van der Waals surface area contributed by atoms with Crippen molar-refractivity contribution in [2.24, 2.45) is 0 Å². The van der Waals surface area contributed by atoms with Gasteiger partial charge in [-0.2, -0.15) is 13.2 Å². The fraction of sp³-hybridized carbons (Fsp3) is 0.286. The summed E-state index contributed by atoms with van der Waals surface area (Å²) in [6.45, 7) is 1.35. The standard InChI is InChI=1S/C28H24F6N4O3/c1-16-11-17(5-8-22(16)26(39)37-18-6-7-18)24-14-36-25-23(35-10-9-27(29,30)31)13-21(15-38(24)25)40-19-3-2-4-20(12-19)41-28(32,33)34/h2-5,8,11-15,18,35H,6-7,9-10H2,1H3,(H,37,39). The van der Waals surface area contributed by atoms with Crippen molar-refractivity contribution >= 4 is 17.2 Å². The Labute approximate surface area is 230 Å². The van der Waals surface area contributed by atoms with Crippen LogP contribution in [-0.4, -0.2) is 40.4 Å². The number of carbonyl (C=O) groups excluding carboxylic acids is 1. The molecule has 1 fully saturated rings. The molecule has 0 radical (unpaired) electrons. The van der Waals surface area contributed by atoms with Crippen LogP contribution in [0.15, 0.2) is 60.9 Å². The van der Waals surface area contributed by atoms with Crippen LogP contribution in [0.25, 0.3) is 16.9 Å². The number of fused-ring (bicyclic) bond motifs is 1. The zero-order chi connectivity index (χ0) is 29.4. The molecule has 1 aliphatic carbocycles. The fourth-order valence-electron chi connectivity index (χ4n) is 4.24. The number of halogens is 6. The van der Waals surface area contributed by atoms with Gasteiger partial charge in [-0.3, -0.25) is 9.20 Å². The van der Waals surface area contributed by atoms with Gasteiger partial charge in [-0.05, 0) is 49.6 Å². The summed E-state index contributed by atoms with van der Waals surface area (Å²) < 4.78 is 87.8. The molecule has 13 heteroatoms. The minimum atomic E-state index is -4.90. The maximum absolute atomic E-state index is 12.8. The van der Waals surface area contributed by atoms with Gasteiger partial charge in [-0.25, -0.2) is 4.98 Å². The number of benzene rings is 2. The first kappa shape index (κ1) is 28.1. The third-order valence-electron chi connectivity index (χ3n) is 6.26. The zero-order valence-electron chi connectivity index (χ0n) is 21.6. The second-order valence-electron chi connectivity index (χ2n) is 9.62. The molecule has 2 heterocycles. The van der Waals surface area contributed by atoms with Gasteiger partial charge in [0.2, 0.25) is 0 Å². The maximum atomic E-state index is 12.8. The largest absolute Gasteiger partial charge is 0.573 e. The summed E-state index contributed by atoms with van der Waals surface area (Å²) in [4.78, 5) is 16.9. The summed E-state index contributed by atoms with van der Waals surface area (Å²) in [5, 5.41) is 5.67. The molecule has 0 spiro atoms. The highest BCUT2D eigenvalue weighted by atomic mass is 19.4. The number of ether oxygens (including phenoxy) is 2. The molecule has 0 aliphatic heterocycles. The molecular formula is C28H24F6N4O3. The summed E-state index contributed by atoms with van der Waals surface area (Å²) in [6, 6.07) is 11.7. The van der Waals surface area contributed by atoms with E-state index in [1.54, 1.807) is 29.5 Å². The summed E-state index contributed by atoms with van der Waals surface area (Å²) >= 11 is 0. The van der Waals surface area contributed by atoms with Crippen molar-refractivity contribution in [3.8, 4) is 28.5 Å². The number of carbonyl (C=O) groups is 1. The number of aromatic nitrogens is 2. The highest BCUT2D eigenvalue weighted by molar-refractivity contribution is 5.96. The van der Waals surface area contributed by atoms with E-state index in [2.05, 4.69) is 20.4 Å². The van der Waals surface area contributed by atoms with Gasteiger partial charge in [0.1, 0.15) is 17.2 Å². The van der Waals surface area contributed by atoms with Crippen LogP contribution in [0.1, 0.15) is 35.2 Å². The van der Waals surface area contributed by atoms with Crippen LogP contribution < -0.4 is 20.1 Å². The minimum absolute atomic E-state index is 0.0101. The average molecular weight is 579 g/mol. The SMILES string of the molecule is Cc1cc(-c2cnc3c(NCCC(F)(F)F)cc(Oc4cccc(OC(F)(F)F)c4)cn23)ccc1C(=O)NC1CC1. The molecule has 41 heavy (non-hydrogen) atoms. The predicted molar refractivity (Wildman–Crippen MR) is 138 cm³/mol. The van der Waals surface area contributed by atoms with E-state index in [9.17, 15) is 31.1 Å². The van der Waals surface area contributed by atoms with E-state index in [1.165, 1.54) is 30.6 Å². The summed E-state index contributed by atoms with van der Waals surface area (Å²) in [6.07, 6.45) is -5.43. The number of imidazole rings is 1. The molecule has 0 unspecified atom stereocenters. The molecule has 0 bridgehead atoms. The molecule has 1 aliphatic rings. The van der Waals surface area contributed by atoms with E-state index in [1.807, 2.05) is 0 Å². The first-order chi connectivity index (χ1) is 19.3. The summed E-state index contributed by atoms with van der Waals surface area (Å²) in [5.74, 6) is -0.536. The minimum Gasteiger partial charge on any atom is -0.456 e. The topological polar surface area (TPSA) is 76.9 Å². The van der Waals surface area contributed by atoms with E-state index in [0.717, 1.165) is 25.0 Å². The molecular weight excluding hydrogens is 554 g/mol. The lowest BCUT2D eigenvalue weighted by Gasteiger charge is -2.15. The molecule has 2 aromatic heterocycles. The number of pyridine rings is 1. The van der Waals surface area contributed by atoms with Gasteiger partial charge in [0, 0.05) is 35.8 Å². The van der Waals surface area contributed by atoms with Gasteiger partial charge in [0.25, 0.3) is 5.91 Å². The quantitative estimate of drug-likeness (QED) is 0.205. The Bertz CT molecular complexity index is 1580. The van der Waals surface area contributed by atoms with E-state index in [0.29, 0.717) is 28.0 Å². The zero-order valence-corrected chi connectivity index (χ0v) is 21.6. The van der Waals surface area contributed by atoms with Crippen molar-refractivity contribution in [2.45, 2.75) is 44.8 Å². The van der Waals surface area contributed by atoms with Gasteiger partial charge < -0.3 is 20.1 Å². The monoisotopic (exact) mass is 578 g/mol. The molecule has 2 aromatic carbocycles. The predicted octanol–water partition coefficient (Wildman–Crippen LogP) is 7.26. The Morgan fingerprint density at radius 2 is 1.78 bits per heavy atom. The molecule has 2 N–H and O–H groups in total. The van der Waals surface area contributed by atoms with Crippen molar-refractivity contribution in [1.82, 2.24) is 14.7 Å². The highest BCUT2D eigenvalue weighted by Crippen LogP contribution is 2.34. The number of nitrogens with zero attached hydrogens (tertiary/aromatic N) is 2. The first-order valence-electron chi connectivity index (χ1n) is 12.6. The number of alkyl halides is 6. The Morgan fingerprint density at radius 3 is 2.46 bits per heavy atom. The van der Waals surface area contributed by atoms with Crippen LogP contribution in [0.4, 0.5) is 32.0 Å². The Morgan fingerprint density at radius 1 is 1.02 bits per heavy atom. The van der Waals surface area contributed by atoms with Gasteiger partial charge in [-0.1, -0.05) is 12.1 Å². The number of hydrogen-bond donors (Lipinski definition) is 2. The molecule has 216 valence electrons. The van der Waals surface area contributed by atoms with Crippen molar-refractivity contribution in [3.63, 3.8) is 0 Å².